The topological polar surface area (TPSA) is 69.4 Å². The number of alkyl halides is 3. The van der Waals surface area contributed by atoms with E-state index in [1.54, 1.807) is 30.3 Å². The van der Waals surface area contributed by atoms with Crippen molar-refractivity contribution in [2.24, 2.45) is 5.14 Å². The number of nitrogens with two attached hydrogens (primary N) is 1. The van der Waals surface area contributed by atoms with E-state index in [2.05, 4.69) is 0 Å². The predicted molar refractivity (Wildman–Crippen MR) is 103 cm³/mol. The Morgan fingerprint density at radius 2 is 1.69 bits per heavy atom. The summed E-state index contributed by atoms with van der Waals surface area (Å²) in [5, 5.41) is 5.14. The molecule has 0 saturated heterocycles. The van der Waals surface area contributed by atoms with Crippen LogP contribution in [-0.4, -0.2) is 8.42 Å². The van der Waals surface area contributed by atoms with Gasteiger partial charge in [-0.1, -0.05) is 54.6 Å². The molecule has 1 heterocycles. The monoisotopic (exact) mass is 419 g/mol. The van der Waals surface area contributed by atoms with Gasteiger partial charge in [-0.2, -0.15) is 13.2 Å². The zero-order valence-corrected chi connectivity index (χ0v) is 15.8. The molecule has 4 nitrogen and oxygen atoms in total. The number of hydrogen-bond donors (Lipinski definition) is 1. The summed E-state index contributed by atoms with van der Waals surface area (Å²) in [4.78, 5) is 0. The number of hydrogen-bond acceptors (Lipinski definition) is 3. The van der Waals surface area contributed by atoms with Crippen LogP contribution in [-0.2, 0) is 22.0 Å². The number of primary sulfonamides is 1. The van der Waals surface area contributed by atoms with Crippen molar-refractivity contribution in [1.82, 2.24) is 0 Å². The Morgan fingerprint density at radius 3 is 2.34 bits per heavy atom. The van der Waals surface area contributed by atoms with Gasteiger partial charge in [0, 0.05) is 11.1 Å². The van der Waals surface area contributed by atoms with E-state index in [0.29, 0.717) is 16.7 Å². The highest BCUT2D eigenvalue weighted by molar-refractivity contribution is 7.88. The van der Waals surface area contributed by atoms with Gasteiger partial charge in [0.1, 0.15) is 11.9 Å². The third-order valence-electron chi connectivity index (χ3n) is 4.71. The summed E-state index contributed by atoms with van der Waals surface area (Å²) in [7, 11) is -3.80. The molecule has 1 atom stereocenters. The molecule has 1 aliphatic rings. The molecule has 1 unspecified atom stereocenters. The van der Waals surface area contributed by atoms with Crippen LogP contribution in [0.5, 0.6) is 5.75 Å². The summed E-state index contributed by atoms with van der Waals surface area (Å²) in [6, 6.07) is 17.4. The predicted octanol–water partition coefficient (Wildman–Crippen LogP) is 4.64. The van der Waals surface area contributed by atoms with Crippen molar-refractivity contribution in [2.75, 3.05) is 0 Å². The first-order valence-electron chi connectivity index (χ1n) is 8.69. The molecule has 8 heteroatoms. The van der Waals surface area contributed by atoms with Crippen molar-refractivity contribution in [3.05, 3.63) is 89.0 Å². The van der Waals surface area contributed by atoms with Crippen LogP contribution in [0, 0.1) is 0 Å². The lowest BCUT2D eigenvalue weighted by atomic mass is 9.86. The zero-order valence-electron chi connectivity index (χ0n) is 15.0. The van der Waals surface area contributed by atoms with E-state index in [1.807, 2.05) is 6.07 Å². The number of fused-ring (bicyclic) bond motifs is 3. The third-order valence-corrected chi connectivity index (χ3v) is 5.45. The zero-order chi connectivity index (χ0) is 20.8. The van der Waals surface area contributed by atoms with Crippen molar-refractivity contribution in [1.29, 1.82) is 0 Å². The van der Waals surface area contributed by atoms with E-state index in [1.165, 1.54) is 24.3 Å². The Kier molecular flexibility index (Phi) is 4.63. The van der Waals surface area contributed by atoms with E-state index >= 15 is 0 Å². The quantitative estimate of drug-likeness (QED) is 0.672. The molecule has 0 fully saturated rings. The Hall–Kier alpha value is -2.84. The maximum absolute atomic E-state index is 13.6. The fraction of sp³-hybridized carbons (Fsp3) is 0.143. The van der Waals surface area contributed by atoms with Gasteiger partial charge in [-0.05, 0) is 28.8 Å². The van der Waals surface area contributed by atoms with E-state index in [9.17, 15) is 21.6 Å². The van der Waals surface area contributed by atoms with Crippen LogP contribution < -0.4 is 9.88 Å². The molecule has 0 aromatic heterocycles. The average molecular weight is 419 g/mol. The van der Waals surface area contributed by atoms with Crippen molar-refractivity contribution >= 4 is 10.0 Å². The van der Waals surface area contributed by atoms with Gasteiger partial charge in [0.25, 0.3) is 0 Å². The smallest absolute Gasteiger partial charge is 0.417 e. The van der Waals surface area contributed by atoms with Crippen molar-refractivity contribution in [3.8, 4) is 16.9 Å². The van der Waals surface area contributed by atoms with Gasteiger partial charge < -0.3 is 4.74 Å². The van der Waals surface area contributed by atoms with Gasteiger partial charge in [-0.3, -0.25) is 0 Å². The van der Waals surface area contributed by atoms with Crippen LogP contribution >= 0.6 is 0 Å². The lowest BCUT2D eigenvalue weighted by molar-refractivity contribution is -0.137. The van der Waals surface area contributed by atoms with Crippen LogP contribution in [0.1, 0.15) is 28.4 Å². The van der Waals surface area contributed by atoms with Crippen LogP contribution in [0.2, 0.25) is 0 Å². The summed E-state index contributed by atoms with van der Waals surface area (Å²) in [6.07, 6.45) is -5.24. The molecule has 1 aliphatic heterocycles. The maximum atomic E-state index is 13.6. The van der Waals surface area contributed by atoms with E-state index in [0.717, 1.165) is 11.6 Å². The maximum Gasteiger partial charge on any atom is 0.417 e. The molecular formula is C21H16F3NO3S. The molecule has 3 aromatic carbocycles. The molecule has 29 heavy (non-hydrogen) atoms. The van der Waals surface area contributed by atoms with E-state index in [4.69, 9.17) is 9.88 Å². The van der Waals surface area contributed by atoms with Crippen LogP contribution in [0.25, 0.3) is 11.1 Å². The molecular weight excluding hydrogens is 403 g/mol. The fourth-order valence-electron chi connectivity index (χ4n) is 3.59. The molecule has 150 valence electrons. The average Bonchev–Trinajstić information content (AvgIpc) is 2.65. The largest absolute Gasteiger partial charge is 0.480 e. The second kappa shape index (κ2) is 6.89. The van der Waals surface area contributed by atoms with Gasteiger partial charge in [0.15, 0.2) is 0 Å². The van der Waals surface area contributed by atoms with Gasteiger partial charge in [-0.15, -0.1) is 0 Å². The number of rotatable bonds is 3. The Balaban J connectivity index is 1.96. The fourth-order valence-corrected chi connectivity index (χ4v) is 4.23. The van der Waals surface area contributed by atoms with Gasteiger partial charge >= 0.3 is 6.18 Å². The van der Waals surface area contributed by atoms with Gasteiger partial charge in [0.2, 0.25) is 10.0 Å². The molecule has 0 aliphatic carbocycles. The second-order valence-corrected chi connectivity index (χ2v) is 8.43. The van der Waals surface area contributed by atoms with Gasteiger partial charge in [-0.25, -0.2) is 13.6 Å². The summed E-state index contributed by atoms with van der Waals surface area (Å²) in [5.74, 6) is -0.296. The SMILES string of the molecule is NS(=O)(=O)Cc1ccc2c(c1)C(c1ccccc1)Oc1cccc(C(F)(F)F)c1-2. The van der Waals surface area contributed by atoms with Crippen LogP contribution in [0.15, 0.2) is 66.7 Å². The molecule has 3 aromatic rings. The minimum absolute atomic E-state index is 0.0515. The Labute approximate surface area is 165 Å². The molecule has 4 rings (SSSR count). The lowest BCUT2D eigenvalue weighted by Gasteiger charge is -2.31. The second-order valence-electron chi connectivity index (χ2n) is 6.81. The molecule has 0 amide bonds. The van der Waals surface area contributed by atoms with Crippen LogP contribution in [0.4, 0.5) is 13.2 Å². The molecule has 2 N–H and O–H groups in total. The van der Waals surface area contributed by atoms with Crippen molar-refractivity contribution < 1.29 is 26.3 Å². The summed E-state index contributed by atoms with van der Waals surface area (Å²) in [6.45, 7) is 0. The summed E-state index contributed by atoms with van der Waals surface area (Å²) in [5.41, 5.74) is 1.08. The molecule has 0 saturated carbocycles. The van der Waals surface area contributed by atoms with E-state index < -0.39 is 33.6 Å². The summed E-state index contributed by atoms with van der Waals surface area (Å²) < 4.78 is 69.9. The number of halogens is 3. The minimum Gasteiger partial charge on any atom is -0.480 e. The number of sulfonamides is 1. The molecule has 0 spiro atoms. The first kappa shape index (κ1) is 19.5. The highest BCUT2D eigenvalue weighted by Gasteiger charge is 2.38. The third kappa shape index (κ3) is 3.86. The first-order chi connectivity index (χ1) is 13.6. The van der Waals surface area contributed by atoms with Gasteiger partial charge in [0.05, 0.1) is 11.3 Å². The molecule has 0 radical (unpaired) electrons. The Morgan fingerprint density at radius 1 is 0.966 bits per heavy atom. The van der Waals surface area contributed by atoms with Crippen molar-refractivity contribution in [3.63, 3.8) is 0 Å². The molecule has 0 bridgehead atoms. The first-order valence-corrected chi connectivity index (χ1v) is 10.4. The lowest BCUT2D eigenvalue weighted by Crippen LogP contribution is -2.19. The van der Waals surface area contributed by atoms with Crippen molar-refractivity contribution in [2.45, 2.75) is 18.0 Å². The highest BCUT2D eigenvalue weighted by Crippen LogP contribution is 2.50. The van der Waals surface area contributed by atoms with Crippen LogP contribution in [0.3, 0.4) is 0 Å². The highest BCUT2D eigenvalue weighted by atomic mass is 32.2. The number of benzene rings is 3. The van der Waals surface area contributed by atoms with E-state index in [-0.39, 0.29) is 11.3 Å². The summed E-state index contributed by atoms with van der Waals surface area (Å²) >= 11 is 0. The standard InChI is InChI=1S/C21H16F3NO3S/c22-21(23,24)17-7-4-8-18-19(17)15-10-9-13(12-29(25,26)27)11-16(15)20(28-18)14-5-2-1-3-6-14/h1-11,20H,12H2,(H2,25,26,27). The number of ether oxygens (including phenoxy) is 1. The minimum atomic E-state index is -4.56. The Bertz CT molecular complexity index is 1180. The normalized spacial score (nSPS) is 15.9.